The molecule has 0 heterocycles. The molecule has 146 valence electrons. The zero-order valence-corrected chi connectivity index (χ0v) is 16.3. The number of halogens is 1. The molecule has 5 nitrogen and oxygen atoms in total. The molecule has 0 saturated carbocycles. The highest BCUT2D eigenvalue weighted by atomic mass is 19.1. The van der Waals surface area contributed by atoms with E-state index in [-0.39, 0.29) is 11.3 Å². The zero-order chi connectivity index (χ0) is 20.3. The molecule has 0 aliphatic heterocycles. The van der Waals surface area contributed by atoms with Gasteiger partial charge in [0.15, 0.2) is 5.82 Å². The van der Waals surface area contributed by atoms with Crippen molar-refractivity contribution >= 4 is 17.3 Å². The second-order valence-electron chi connectivity index (χ2n) is 6.83. The Kier molecular flexibility index (Phi) is 6.44. The lowest BCUT2D eigenvalue weighted by Gasteiger charge is -2.26. The normalized spacial score (nSPS) is 13.3. The fourth-order valence-corrected chi connectivity index (χ4v) is 3.41. The van der Waals surface area contributed by atoms with Crippen LogP contribution < -0.4 is 16.6 Å². The average Bonchev–Trinajstić information content (AvgIpc) is 2.65. The van der Waals surface area contributed by atoms with Gasteiger partial charge < -0.3 is 15.8 Å². The molecular formula is C21H28FN3O2. The van der Waals surface area contributed by atoms with Crippen molar-refractivity contribution < 1.29 is 14.3 Å². The van der Waals surface area contributed by atoms with E-state index in [1.54, 1.807) is 19.1 Å². The zero-order valence-electron chi connectivity index (χ0n) is 16.3. The number of aliphatic carboxylic acids is 1. The smallest absolute Gasteiger partial charge is 0.307 e. The Labute approximate surface area is 159 Å². The van der Waals surface area contributed by atoms with E-state index in [4.69, 9.17) is 11.6 Å². The summed E-state index contributed by atoms with van der Waals surface area (Å²) >= 11 is 0. The molecule has 0 aromatic heterocycles. The van der Waals surface area contributed by atoms with Crippen LogP contribution in [0.3, 0.4) is 0 Å². The van der Waals surface area contributed by atoms with E-state index in [0.29, 0.717) is 12.2 Å². The minimum Gasteiger partial charge on any atom is -0.481 e. The largest absolute Gasteiger partial charge is 0.481 e. The van der Waals surface area contributed by atoms with Gasteiger partial charge in [-0.2, -0.15) is 0 Å². The second-order valence-corrected chi connectivity index (χ2v) is 6.83. The second kappa shape index (κ2) is 8.39. The maximum atomic E-state index is 15.2. The number of carboxylic acid groups (broad SMARTS) is 1. The fourth-order valence-electron chi connectivity index (χ4n) is 3.41. The minimum atomic E-state index is -0.991. The number of benzene rings is 2. The van der Waals surface area contributed by atoms with Crippen LogP contribution in [0.15, 0.2) is 30.3 Å². The van der Waals surface area contributed by atoms with Gasteiger partial charge in [0, 0.05) is 12.5 Å². The number of anilines is 2. The van der Waals surface area contributed by atoms with Crippen LogP contribution >= 0.6 is 0 Å². The quantitative estimate of drug-likeness (QED) is 0.390. The monoisotopic (exact) mass is 373 g/mol. The standard InChI is InChI=1S/C21H28FN3O2/c1-5-14-11-15(8-7-12(14)3)18(13(4)21(26)27)16-9-10-17(25(24)6-2)20(23)19(16)22/h7-11,13,18H,5-6,23-24H2,1-4H3,(H,26,27). The number of hydrogen-bond acceptors (Lipinski definition) is 4. The van der Waals surface area contributed by atoms with E-state index >= 15 is 4.39 Å². The van der Waals surface area contributed by atoms with Gasteiger partial charge in [0.25, 0.3) is 0 Å². The van der Waals surface area contributed by atoms with Gasteiger partial charge in [-0.25, -0.2) is 10.2 Å². The highest BCUT2D eigenvalue weighted by Gasteiger charge is 2.31. The number of nitrogens with two attached hydrogens (primary N) is 2. The maximum Gasteiger partial charge on any atom is 0.307 e. The van der Waals surface area contributed by atoms with Crippen LogP contribution in [0.2, 0.25) is 0 Å². The molecule has 5 N–H and O–H groups in total. The molecule has 0 fully saturated rings. The molecule has 0 amide bonds. The molecule has 0 aliphatic carbocycles. The van der Waals surface area contributed by atoms with Gasteiger partial charge in [-0.3, -0.25) is 4.79 Å². The van der Waals surface area contributed by atoms with Crippen LogP contribution in [0.4, 0.5) is 15.8 Å². The summed E-state index contributed by atoms with van der Waals surface area (Å²) in [5.74, 6) is 2.77. The molecule has 0 radical (unpaired) electrons. The molecular weight excluding hydrogens is 345 g/mol. The number of carboxylic acids is 1. The van der Waals surface area contributed by atoms with Gasteiger partial charge in [-0.1, -0.05) is 38.1 Å². The summed E-state index contributed by atoms with van der Waals surface area (Å²) in [6, 6.07) is 9.01. The van der Waals surface area contributed by atoms with Crippen LogP contribution in [-0.4, -0.2) is 17.6 Å². The van der Waals surface area contributed by atoms with Crippen molar-refractivity contribution in [2.45, 2.75) is 40.0 Å². The molecule has 2 aromatic rings. The number of nitrogens with zero attached hydrogens (tertiary/aromatic N) is 1. The van der Waals surface area contributed by atoms with Crippen LogP contribution in [0.5, 0.6) is 0 Å². The molecule has 27 heavy (non-hydrogen) atoms. The van der Waals surface area contributed by atoms with Gasteiger partial charge in [-0.05, 0) is 48.6 Å². The molecule has 0 aliphatic rings. The minimum absolute atomic E-state index is 0.0673. The SMILES string of the molecule is CCc1cc(C(c2ccc(N(N)CC)c(N)c2F)C(C)C(=O)O)ccc1C. The highest BCUT2D eigenvalue weighted by molar-refractivity contribution is 5.74. The van der Waals surface area contributed by atoms with Gasteiger partial charge in [0.05, 0.1) is 17.3 Å². The molecule has 0 bridgehead atoms. The highest BCUT2D eigenvalue weighted by Crippen LogP contribution is 2.38. The van der Waals surface area contributed by atoms with E-state index in [2.05, 4.69) is 0 Å². The van der Waals surface area contributed by atoms with E-state index < -0.39 is 23.6 Å². The van der Waals surface area contributed by atoms with Crippen molar-refractivity contribution in [1.29, 1.82) is 0 Å². The van der Waals surface area contributed by atoms with Crippen LogP contribution in [-0.2, 0) is 11.2 Å². The summed E-state index contributed by atoms with van der Waals surface area (Å²) in [5, 5.41) is 11.0. The van der Waals surface area contributed by atoms with E-state index in [1.165, 1.54) is 5.01 Å². The molecule has 6 heteroatoms. The average molecular weight is 373 g/mol. The Hall–Kier alpha value is -2.60. The van der Waals surface area contributed by atoms with Crippen molar-refractivity contribution in [3.8, 4) is 0 Å². The third-order valence-electron chi connectivity index (χ3n) is 5.17. The number of carbonyl (C=O) groups is 1. The number of aryl methyl sites for hydroxylation is 2. The topological polar surface area (TPSA) is 92.6 Å². The predicted molar refractivity (Wildman–Crippen MR) is 107 cm³/mol. The Balaban J connectivity index is 2.66. The van der Waals surface area contributed by atoms with Crippen LogP contribution in [0.25, 0.3) is 0 Å². The van der Waals surface area contributed by atoms with Gasteiger partial charge >= 0.3 is 5.97 Å². The Morgan fingerprint density at radius 3 is 2.48 bits per heavy atom. The predicted octanol–water partition coefficient (Wildman–Crippen LogP) is 3.83. The van der Waals surface area contributed by atoms with Crippen molar-refractivity contribution in [2.24, 2.45) is 11.8 Å². The number of rotatable bonds is 7. The summed E-state index contributed by atoms with van der Waals surface area (Å²) in [7, 11) is 0. The van der Waals surface area contributed by atoms with Crippen molar-refractivity contribution in [3.05, 3.63) is 58.4 Å². The molecule has 2 unspecified atom stereocenters. The summed E-state index contributed by atoms with van der Waals surface area (Å²) in [4.78, 5) is 11.7. The molecule has 2 aromatic carbocycles. The number of hydrazine groups is 1. The maximum absolute atomic E-state index is 15.2. The number of hydrogen-bond donors (Lipinski definition) is 3. The lowest BCUT2D eigenvalue weighted by atomic mass is 9.80. The van der Waals surface area contributed by atoms with E-state index in [9.17, 15) is 9.90 Å². The molecule has 2 atom stereocenters. The third-order valence-corrected chi connectivity index (χ3v) is 5.17. The first kappa shape index (κ1) is 20.7. The van der Waals surface area contributed by atoms with E-state index in [1.807, 2.05) is 39.0 Å². The first-order chi connectivity index (χ1) is 12.7. The summed E-state index contributed by atoms with van der Waals surface area (Å²) in [6.45, 7) is 7.93. The first-order valence-electron chi connectivity index (χ1n) is 9.15. The molecule has 0 spiro atoms. The molecule has 2 rings (SSSR count). The van der Waals surface area contributed by atoms with Gasteiger partial charge in [0.1, 0.15) is 0 Å². The number of nitrogen functional groups attached to an aromatic ring is 1. The summed E-state index contributed by atoms with van der Waals surface area (Å²) in [6.07, 6.45) is 0.816. The fraction of sp³-hybridized carbons (Fsp3) is 0.381. The Bertz CT molecular complexity index is 838. The van der Waals surface area contributed by atoms with Crippen molar-refractivity contribution in [3.63, 3.8) is 0 Å². The van der Waals surface area contributed by atoms with Gasteiger partial charge in [-0.15, -0.1) is 0 Å². The lowest BCUT2D eigenvalue weighted by Crippen LogP contribution is -2.31. The van der Waals surface area contributed by atoms with Crippen molar-refractivity contribution in [2.75, 3.05) is 17.3 Å². The Morgan fingerprint density at radius 1 is 1.26 bits per heavy atom. The Morgan fingerprint density at radius 2 is 1.93 bits per heavy atom. The van der Waals surface area contributed by atoms with Crippen molar-refractivity contribution in [1.82, 2.24) is 0 Å². The third kappa shape index (κ3) is 4.06. The first-order valence-corrected chi connectivity index (χ1v) is 9.15. The summed E-state index contributed by atoms with van der Waals surface area (Å²) < 4.78 is 15.2. The van der Waals surface area contributed by atoms with Crippen LogP contribution in [0.1, 0.15) is 48.9 Å². The van der Waals surface area contributed by atoms with Gasteiger partial charge in [0.2, 0.25) is 0 Å². The van der Waals surface area contributed by atoms with Crippen LogP contribution in [0, 0.1) is 18.7 Å². The summed E-state index contributed by atoms with van der Waals surface area (Å²) in [5.41, 5.74) is 9.57. The van der Waals surface area contributed by atoms with E-state index in [0.717, 1.165) is 23.1 Å². The molecule has 0 saturated heterocycles. The lowest BCUT2D eigenvalue weighted by molar-refractivity contribution is -0.141.